The van der Waals surface area contributed by atoms with Crippen LogP contribution in [0.2, 0.25) is 0 Å². The van der Waals surface area contributed by atoms with Crippen LogP contribution in [0.4, 0.5) is 0 Å². The molecule has 0 atom stereocenters. The molecule has 29 heavy (non-hydrogen) atoms. The molecular weight excluding hydrogens is 384 g/mol. The van der Waals surface area contributed by atoms with E-state index in [0.29, 0.717) is 31.7 Å². The maximum atomic E-state index is 12.8. The Morgan fingerprint density at radius 2 is 1.17 bits per heavy atom. The third kappa shape index (κ3) is 4.09. The van der Waals surface area contributed by atoms with E-state index in [1.807, 2.05) is 54.6 Å². The summed E-state index contributed by atoms with van der Waals surface area (Å²) in [5, 5.41) is 0. The van der Waals surface area contributed by atoms with Crippen molar-refractivity contribution in [2.24, 2.45) is 0 Å². The Hall–Kier alpha value is -2.96. The Labute approximate surface area is 171 Å². The van der Waals surface area contributed by atoms with Gasteiger partial charge >= 0.3 is 0 Å². The zero-order valence-corrected chi connectivity index (χ0v) is 16.8. The minimum Gasteiger partial charge on any atom is -0.336 e. The summed E-state index contributed by atoms with van der Waals surface area (Å²) in [6.45, 7) is 1.35. The van der Waals surface area contributed by atoms with E-state index in [1.165, 1.54) is 4.31 Å². The van der Waals surface area contributed by atoms with Gasteiger partial charge in [-0.2, -0.15) is 4.31 Å². The highest BCUT2D eigenvalue weighted by Gasteiger charge is 2.30. The van der Waals surface area contributed by atoms with Crippen molar-refractivity contribution in [3.8, 4) is 11.1 Å². The highest BCUT2D eigenvalue weighted by Crippen LogP contribution is 2.21. The van der Waals surface area contributed by atoms with Gasteiger partial charge in [-0.15, -0.1) is 0 Å². The largest absolute Gasteiger partial charge is 0.336 e. The predicted molar refractivity (Wildman–Crippen MR) is 113 cm³/mol. The van der Waals surface area contributed by atoms with Crippen LogP contribution in [0.1, 0.15) is 10.4 Å². The minimum atomic E-state index is -3.52. The van der Waals surface area contributed by atoms with Crippen LogP contribution in [0, 0.1) is 0 Å². The summed E-state index contributed by atoms with van der Waals surface area (Å²) in [7, 11) is -3.52. The second kappa shape index (κ2) is 8.19. The lowest BCUT2D eigenvalue weighted by molar-refractivity contribution is 0.0698. The molecule has 3 aromatic carbocycles. The monoisotopic (exact) mass is 406 g/mol. The highest BCUT2D eigenvalue weighted by atomic mass is 32.2. The third-order valence-corrected chi connectivity index (χ3v) is 7.06. The number of carbonyl (C=O) groups excluding carboxylic acids is 1. The van der Waals surface area contributed by atoms with E-state index in [0.717, 1.165) is 11.1 Å². The Morgan fingerprint density at radius 3 is 1.76 bits per heavy atom. The Balaban J connectivity index is 1.42. The first-order valence-corrected chi connectivity index (χ1v) is 11.0. The molecule has 0 aliphatic carbocycles. The summed E-state index contributed by atoms with van der Waals surface area (Å²) < 4.78 is 26.9. The summed E-state index contributed by atoms with van der Waals surface area (Å²) in [5.74, 6) is -0.0682. The van der Waals surface area contributed by atoms with Crippen LogP contribution in [0.5, 0.6) is 0 Å². The van der Waals surface area contributed by atoms with Gasteiger partial charge in [0.05, 0.1) is 4.90 Å². The fourth-order valence-corrected chi connectivity index (χ4v) is 4.93. The van der Waals surface area contributed by atoms with E-state index in [9.17, 15) is 13.2 Å². The fourth-order valence-electron chi connectivity index (χ4n) is 3.49. The number of hydrogen-bond donors (Lipinski definition) is 0. The van der Waals surface area contributed by atoms with Crippen molar-refractivity contribution in [1.29, 1.82) is 0 Å². The first-order valence-electron chi connectivity index (χ1n) is 9.56. The molecule has 1 saturated heterocycles. The molecule has 0 spiro atoms. The number of sulfonamides is 1. The Morgan fingerprint density at radius 1 is 0.655 bits per heavy atom. The zero-order valence-electron chi connectivity index (χ0n) is 15.9. The lowest BCUT2D eigenvalue weighted by Gasteiger charge is -2.34. The van der Waals surface area contributed by atoms with Crippen molar-refractivity contribution < 1.29 is 13.2 Å². The van der Waals surface area contributed by atoms with Gasteiger partial charge in [0.15, 0.2) is 0 Å². The molecule has 1 amide bonds. The molecule has 4 rings (SSSR count). The van der Waals surface area contributed by atoms with E-state index in [2.05, 4.69) is 0 Å². The quantitative estimate of drug-likeness (QED) is 0.666. The molecular formula is C23H22N2O3S. The van der Waals surface area contributed by atoms with Gasteiger partial charge in [-0.1, -0.05) is 60.7 Å². The third-order valence-electron chi connectivity index (χ3n) is 5.15. The van der Waals surface area contributed by atoms with E-state index in [-0.39, 0.29) is 10.8 Å². The summed E-state index contributed by atoms with van der Waals surface area (Å²) in [6, 6.07) is 26.0. The van der Waals surface area contributed by atoms with Gasteiger partial charge in [-0.3, -0.25) is 4.79 Å². The van der Waals surface area contributed by atoms with E-state index in [4.69, 9.17) is 0 Å². The number of amides is 1. The number of benzene rings is 3. The first-order chi connectivity index (χ1) is 14.1. The minimum absolute atomic E-state index is 0.0682. The van der Waals surface area contributed by atoms with E-state index < -0.39 is 10.0 Å². The van der Waals surface area contributed by atoms with Crippen LogP contribution >= 0.6 is 0 Å². The van der Waals surface area contributed by atoms with Crippen LogP contribution in [0.25, 0.3) is 11.1 Å². The van der Waals surface area contributed by atoms with Gasteiger partial charge in [0.2, 0.25) is 10.0 Å². The summed E-state index contributed by atoms with van der Waals surface area (Å²) in [6.07, 6.45) is 0. The molecule has 0 radical (unpaired) electrons. The van der Waals surface area contributed by atoms with Crippen molar-refractivity contribution in [3.05, 3.63) is 90.5 Å². The van der Waals surface area contributed by atoms with Crippen molar-refractivity contribution >= 4 is 15.9 Å². The predicted octanol–water partition coefficient (Wildman–Crippen LogP) is 3.50. The molecule has 1 aliphatic rings. The highest BCUT2D eigenvalue weighted by molar-refractivity contribution is 7.89. The molecule has 3 aromatic rings. The number of piperazine rings is 1. The smallest absolute Gasteiger partial charge is 0.253 e. The standard InChI is InChI=1S/C23H22N2O3S/c26-23(21-13-11-20(12-14-21)19-7-3-1-4-8-19)24-15-17-25(18-16-24)29(27,28)22-9-5-2-6-10-22/h1-14H,15-18H2. The maximum absolute atomic E-state index is 12.8. The molecule has 1 heterocycles. The van der Waals surface area contributed by atoms with Gasteiger partial charge in [-0.05, 0) is 35.4 Å². The average molecular weight is 407 g/mol. The molecule has 5 nitrogen and oxygen atoms in total. The maximum Gasteiger partial charge on any atom is 0.253 e. The molecule has 1 aliphatic heterocycles. The Kier molecular flexibility index (Phi) is 5.47. The van der Waals surface area contributed by atoms with Gasteiger partial charge in [0, 0.05) is 31.7 Å². The molecule has 0 unspecified atom stereocenters. The molecule has 148 valence electrons. The zero-order chi connectivity index (χ0) is 20.3. The Bertz CT molecular complexity index is 1070. The second-order valence-corrected chi connectivity index (χ2v) is 8.89. The van der Waals surface area contributed by atoms with E-state index in [1.54, 1.807) is 35.2 Å². The van der Waals surface area contributed by atoms with Crippen LogP contribution < -0.4 is 0 Å². The lowest BCUT2D eigenvalue weighted by Crippen LogP contribution is -2.50. The molecule has 0 N–H and O–H groups in total. The second-order valence-electron chi connectivity index (χ2n) is 6.95. The molecule has 6 heteroatoms. The molecule has 0 aromatic heterocycles. The van der Waals surface area contributed by atoms with Crippen LogP contribution in [-0.4, -0.2) is 49.7 Å². The fraction of sp³-hybridized carbons (Fsp3) is 0.174. The van der Waals surface area contributed by atoms with Crippen LogP contribution in [0.15, 0.2) is 89.8 Å². The number of rotatable bonds is 4. The average Bonchev–Trinajstić information content (AvgIpc) is 2.80. The van der Waals surface area contributed by atoms with Crippen molar-refractivity contribution in [2.75, 3.05) is 26.2 Å². The van der Waals surface area contributed by atoms with Crippen LogP contribution in [-0.2, 0) is 10.0 Å². The number of carbonyl (C=O) groups is 1. The van der Waals surface area contributed by atoms with Crippen molar-refractivity contribution in [3.63, 3.8) is 0 Å². The van der Waals surface area contributed by atoms with Gasteiger partial charge in [0.25, 0.3) is 5.91 Å². The van der Waals surface area contributed by atoms with Crippen molar-refractivity contribution in [2.45, 2.75) is 4.90 Å². The van der Waals surface area contributed by atoms with E-state index >= 15 is 0 Å². The van der Waals surface area contributed by atoms with Crippen molar-refractivity contribution in [1.82, 2.24) is 9.21 Å². The SMILES string of the molecule is O=C(c1ccc(-c2ccccc2)cc1)N1CCN(S(=O)(=O)c2ccccc2)CC1. The van der Waals surface area contributed by atoms with Gasteiger partial charge < -0.3 is 4.90 Å². The molecule has 0 bridgehead atoms. The summed E-state index contributed by atoms with van der Waals surface area (Å²) in [4.78, 5) is 14.8. The molecule has 0 saturated carbocycles. The first kappa shape index (κ1) is 19.4. The van der Waals surface area contributed by atoms with Gasteiger partial charge in [-0.25, -0.2) is 8.42 Å². The normalized spacial score (nSPS) is 15.2. The lowest BCUT2D eigenvalue weighted by atomic mass is 10.0. The topological polar surface area (TPSA) is 57.7 Å². The number of hydrogen-bond acceptors (Lipinski definition) is 3. The van der Waals surface area contributed by atoms with Crippen LogP contribution in [0.3, 0.4) is 0 Å². The molecule has 1 fully saturated rings. The van der Waals surface area contributed by atoms with Gasteiger partial charge in [0.1, 0.15) is 0 Å². The summed E-state index contributed by atoms with van der Waals surface area (Å²) in [5.41, 5.74) is 2.77. The number of nitrogens with zero attached hydrogens (tertiary/aromatic N) is 2. The summed E-state index contributed by atoms with van der Waals surface area (Å²) >= 11 is 0.